The van der Waals surface area contributed by atoms with Crippen molar-refractivity contribution in [3.63, 3.8) is 0 Å². The predicted molar refractivity (Wildman–Crippen MR) is 105 cm³/mol. The lowest BCUT2D eigenvalue weighted by Crippen LogP contribution is -2.03. The minimum Gasteiger partial charge on any atom is -0.399 e. The highest BCUT2D eigenvalue weighted by Crippen LogP contribution is 2.16. The van der Waals surface area contributed by atoms with Crippen LogP contribution in [0.1, 0.15) is 38.2 Å². The van der Waals surface area contributed by atoms with Crippen molar-refractivity contribution in [1.29, 1.82) is 0 Å². The molecule has 4 nitrogen and oxygen atoms in total. The highest BCUT2D eigenvalue weighted by molar-refractivity contribution is 5.65. The molecule has 2 aromatic rings. The van der Waals surface area contributed by atoms with Gasteiger partial charge in [0.15, 0.2) is 0 Å². The van der Waals surface area contributed by atoms with Crippen molar-refractivity contribution in [3.05, 3.63) is 54.1 Å². The molecule has 0 aliphatic heterocycles. The minimum absolute atomic E-state index is 0.271. The van der Waals surface area contributed by atoms with Crippen LogP contribution in [0.3, 0.4) is 0 Å². The molecule has 2 rings (SSSR count). The SMILES string of the molecule is CCCCNc1ccccc1N.Nc1ccccc1CCCCO. The second kappa shape index (κ2) is 12.3. The lowest BCUT2D eigenvalue weighted by atomic mass is 10.1. The van der Waals surface area contributed by atoms with Gasteiger partial charge in [-0.15, -0.1) is 0 Å². The lowest BCUT2D eigenvalue weighted by molar-refractivity contribution is 0.284. The maximum absolute atomic E-state index is 8.58. The molecule has 0 spiro atoms. The number of nitrogens with two attached hydrogens (primary N) is 2. The summed E-state index contributed by atoms with van der Waals surface area (Å²) in [6, 6.07) is 15.7. The number of aliphatic hydroxyl groups is 1. The van der Waals surface area contributed by atoms with E-state index >= 15 is 0 Å². The molecule has 0 saturated heterocycles. The molecular formula is C20H31N3O. The van der Waals surface area contributed by atoms with Crippen LogP contribution in [0.5, 0.6) is 0 Å². The highest BCUT2D eigenvalue weighted by Gasteiger charge is 1.96. The molecule has 0 amide bonds. The number of nitrogens with one attached hydrogen (secondary N) is 1. The Kier molecular flexibility index (Phi) is 10.1. The first kappa shape index (κ1) is 19.8. The van der Waals surface area contributed by atoms with E-state index in [2.05, 4.69) is 12.2 Å². The monoisotopic (exact) mass is 329 g/mol. The number of hydrogen-bond donors (Lipinski definition) is 4. The van der Waals surface area contributed by atoms with Gasteiger partial charge in [0.2, 0.25) is 0 Å². The van der Waals surface area contributed by atoms with Crippen LogP contribution in [-0.4, -0.2) is 18.3 Å². The third kappa shape index (κ3) is 7.88. The molecule has 6 N–H and O–H groups in total. The largest absolute Gasteiger partial charge is 0.399 e. The summed E-state index contributed by atoms with van der Waals surface area (Å²) in [6.45, 7) is 3.45. The summed E-state index contributed by atoms with van der Waals surface area (Å²) < 4.78 is 0. The Morgan fingerprint density at radius 2 is 1.54 bits per heavy atom. The number of anilines is 3. The van der Waals surface area contributed by atoms with E-state index in [1.807, 2.05) is 48.5 Å². The summed E-state index contributed by atoms with van der Waals surface area (Å²) in [5.41, 5.74) is 15.4. The molecule has 0 unspecified atom stereocenters. The zero-order valence-electron chi connectivity index (χ0n) is 14.7. The van der Waals surface area contributed by atoms with Gasteiger partial charge in [0.25, 0.3) is 0 Å². The fourth-order valence-electron chi connectivity index (χ4n) is 2.25. The molecule has 132 valence electrons. The Bertz CT molecular complexity index is 521. The third-order valence-electron chi connectivity index (χ3n) is 3.72. The summed E-state index contributed by atoms with van der Waals surface area (Å²) >= 11 is 0. The molecule has 0 atom stereocenters. The van der Waals surface area contributed by atoms with Gasteiger partial charge in [-0.3, -0.25) is 0 Å². The molecule has 0 bridgehead atoms. The van der Waals surface area contributed by atoms with Crippen molar-refractivity contribution in [3.8, 4) is 0 Å². The first-order valence-electron chi connectivity index (χ1n) is 8.71. The Morgan fingerprint density at radius 3 is 2.17 bits per heavy atom. The van der Waals surface area contributed by atoms with Crippen LogP contribution >= 0.6 is 0 Å². The smallest absolute Gasteiger partial charge is 0.0573 e. The Labute approximate surface area is 145 Å². The quantitative estimate of drug-likeness (QED) is 0.434. The molecular weight excluding hydrogens is 298 g/mol. The van der Waals surface area contributed by atoms with Gasteiger partial charge >= 0.3 is 0 Å². The van der Waals surface area contributed by atoms with Crippen molar-refractivity contribution < 1.29 is 5.11 Å². The zero-order valence-corrected chi connectivity index (χ0v) is 14.7. The minimum atomic E-state index is 0.271. The highest BCUT2D eigenvalue weighted by atomic mass is 16.2. The second-order valence-corrected chi connectivity index (χ2v) is 5.75. The zero-order chi connectivity index (χ0) is 17.6. The molecule has 0 aliphatic rings. The van der Waals surface area contributed by atoms with E-state index in [9.17, 15) is 0 Å². The Balaban J connectivity index is 0.000000240. The maximum Gasteiger partial charge on any atom is 0.0573 e. The van der Waals surface area contributed by atoms with Crippen molar-refractivity contribution in [2.75, 3.05) is 29.9 Å². The van der Waals surface area contributed by atoms with E-state index in [0.29, 0.717) is 0 Å². The first-order chi connectivity index (χ1) is 11.7. The summed E-state index contributed by atoms with van der Waals surface area (Å²) in [7, 11) is 0. The number of rotatable bonds is 8. The van der Waals surface area contributed by atoms with Gasteiger partial charge in [0.05, 0.1) is 11.4 Å². The Hall–Kier alpha value is -2.20. The number of aryl methyl sites for hydroxylation is 1. The lowest BCUT2D eigenvalue weighted by Gasteiger charge is -2.07. The fourth-order valence-corrected chi connectivity index (χ4v) is 2.25. The predicted octanol–water partition coefficient (Wildman–Crippen LogP) is 4.06. The summed E-state index contributed by atoms with van der Waals surface area (Å²) in [4.78, 5) is 0. The van der Waals surface area contributed by atoms with E-state index in [4.69, 9.17) is 16.6 Å². The topological polar surface area (TPSA) is 84.3 Å². The van der Waals surface area contributed by atoms with E-state index in [-0.39, 0.29) is 6.61 Å². The molecule has 0 heterocycles. The number of benzene rings is 2. The molecule has 2 aromatic carbocycles. The van der Waals surface area contributed by atoms with Crippen LogP contribution < -0.4 is 16.8 Å². The molecule has 0 aromatic heterocycles. The van der Waals surface area contributed by atoms with Crippen LogP contribution in [0.4, 0.5) is 17.1 Å². The fraction of sp³-hybridized carbons (Fsp3) is 0.400. The first-order valence-corrected chi connectivity index (χ1v) is 8.71. The van der Waals surface area contributed by atoms with Gasteiger partial charge in [-0.1, -0.05) is 43.7 Å². The average molecular weight is 329 g/mol. The summed E-state index contributed by atoms with van der Waals surface area (Å²) in [5.74, 6) is 0. The molecule has 24 heavy (non-hydrogen) atoms. The van der Waals surface area contributed by atoms with Crippen molar-refractivity contribution in [2.24, 2.45) is 0 Å². The second-order valence-electron chi connectivity index (χ2n) is 5.75. The van der Waals surface area contributed by atoms with Crippen molar-refractivity contribution in [1.82, 2.24) is 0 Å². The molecule has 0 aliphatic carbocycles. The average Bonchev–Trinajstić information content (AvgIpc) is 2.59. The van der Waals surface area contributed by atoms with E-state index in [1.165, 1.54) is 18.4 Å². The Morgan fingerprint density at radius 1 is 0.875 bits per heavy atom. The number of aliphatic hydroxyl groups excluding tert-OH is 1. The van der Waals surface area contributed by atoms with Gasteiger partial charge in [-0.2, -0.15) is 0 Å². The van der Waals surface area contributed by atoms with Gasteiger partial charge in [-0.05, 0) is 49.4 Å². The van der Waals surface area contributed by atoms with Crippen LogP contribution in [-0.2, 0) is 6.42 Å². The number of hydrogen-bond acceptors (Lipinski definition) is 4. The molecule has 4 heteroatoms. The van der Waals surface area contributed by atoms with Crippen LogP contribution in [0.25, 0.3) is 0 Å². The van der Waals surface area contributed by atoms with E-state index in [1.54, 1.807) is 0 Å². The van der Waals surface area contributed by atoms with E-state index < -0.39 is 0 Å². The van der Waals surface area contributed by atoms with Gasteiger partial charge in [-0.25, -0.2) is 0 Å². The number of nitrogen functional groups attached to an aromatic ring is 2. The van der Waals surface area contributed by atoms with E-state index in [0.717, 1.165) is 42.9 Å². The summed E-state index contributed by atoms with van der Waals surface area (Å²) in [5, 5.41) is 11.9. The van der Waals surface area contributed by atoms with Crippen LogP contribution in [0.15, 0.2) is 48.5 Å². The number of unbranched alkanes of at least 4 members (excludes halogenated alkanes) is 2. The standard InChI is InChI=1S/C10H16N2.C10H15NO/c1-2-3-8-12-10-7-5-4-6-9(10)11;11-10-7-2-1-5-9(10)6-3-4-8-12/h4-7,12H,2-3,8,11H2,1H3;1-2,5,7,12H,3-4,6,8,11H2. The van der Waals surface area contributed by atoms with Gasteiger partial charge in [0.1, 0.15) is 0 Å². The normalized spacial score (nSPS) is 9.92. The van der Waals surface area contributed by atoms with Gasteiger partial charge in [0, 0.05) is 18.8 Å². The maximum atomic E-state index is 8.58. The van der Waals surface area contributed by atoms with Gasteiger partial charge < -0.3 is 21.9 Å². The van der Waals surface area contributed by atoms with Crippen LogP contribution in [0.2, 0.25) is 0 Å². The van der Waals surface area contributed by atoms with Crippen LogP contribution in [0, 0.1) is 0 Å². The molecule has 0 radical (unpaired) electrons. The molecule has 0 saturated carbocycles. The van der Waals surface area contributed by atoms with Crippen molar-refractivity contribution >= 4 is 17.1 Å². The van der Waals surface area contributed by atoms with Crippen molar-refractivity contribution in [2.45, 2.75) is 39.0 Å². The number of para-hydroxylation sites is 3. The molecule has 0 fully saturated rings. The summed E-state index contributed by atoms with van der Waals surface area (Å²) in [6.07, 6.45) is 5.22. The third-order valence-corrected chi connectivity index (χ3v) is 3.72.